The first-order valence-corrected chi connectivity index (χ1v) is 14.8. The molecule has 0 amide bonds. The van der Waals surface area contributed by atoms with Gasteiger partial charge in [0, 0.05) is 19.0 Å². The minimum Gasteiger partial charge on any atom is -0.463 e. The first-order chi connectivity index (χ1) is 18.5. The first-order valence-electron chi connectivity index (χ1n) is 14.8. The van der Waals surface area contributed by atoms with Crippen LogP contribution in [0.5, 0.6) is 6.01 Å². The molecule has 3 heterocycles. The van der Waals surface area contributed by atoms with Crippen LogP contribution in [0.1, 0.15) is 123 Å². The van der Waals surface area contributed by atoms with Crippen LogP contribution >= 0.6 is 12.4 Å². The average Bonchev–Trinajstić information content (AvgIpc) is 3.41. The Kier molecular flexibility index (Phi) is 15.5. The van der Waals surface area contributed by atoms with Gasteiger partial charge in [0.1, 0.15) is 12.7 Å². The summed E-state index contributed by atoms with van der Waals surface area (Å²) in [5.41, 5.74) is 0.0829. The molecule has 0 aliphatic carbocycles. The van der Waals surface area contributed by atoms with Crippen molar-refractivity contribution in [2.75, 3.05) is 6.61 Å². The third-order valence-electron chi connectivity index (χ3n) is 7.28. The molecule has 2 aliphatic rings. The molecule has 2 aliphatic heterocycles. The lowest BCUT2D eigenvalue weighted by Gasteiger charge is -2.22. The lowest BCUT2D eigenvalue weighted by Crippen LogP contribution is -2.40. The van der Waals surface area contributed by atoms with E-state index in [0.717, 1.165) is 38.5 Å². The lowest BCUT2D eigenvalue weighted by molar-refractivity contribution is -0.160. The number of unbranched alkanes of at least 4 members (excludes halogenated alkanes) is 12. The summed E-state index contributed by atoms with van der Waals surface area (Å²) in [5.74, 6) is -0.562. The third-order valence-corrected chi connectivity index (χ3v) is 7.28. The summed E-state index contributed by atoms with van der Waals surface area (Å²) in [6.45, 7) is 4.40. The van der Waals surface area contributed by atoms with Crippen molar-refractivity contribution in [2.24, 2.45) is 0 Å². The molecule has 0 spiro atoms. The summed E-state index contributed by atoms with van der Waals surface area (Å²) in [4.78, 5) is 29.2. The smallest absolute Gasteiger partial charge is 0.306 e. The maximum absolute atomic E-state index is 12.7. The predicted molar refractivity (Wildman–Crippen MR) is 150 cm³/mol. The van der Waals surface area contributed by atoms with Crippen molar-refractivity contribution < 1.29 is 28.5 Å². The van der Waals surface area contributed by atoms with Gasteiger partial charge in [-0.2, -0.15) is 4.98 Å². The van der Waals surface area contributed by atoms with Crippen LogP contribution in [0.25, 0.3) is 0 Å². The van der Waals surface area contributed by atoms with Crippen LogP contribution in [0, 0.1) is 5.41 Å². The summed E-state index contributed by atoms with van der Waals surface area (Å²) in [6, 6.07) is 1.81. The van der Waals surface area contributed by atoms with Crippen molar-refractivity contribution >= 4 is 24.3 Å². The van der Waals surface area contributed by atoms with E-state index in [0.29, 0.717) is 12.8 Å². The highest BCUT2D eigenvalue weighted by Gasteiger charge is 2.54. The van der Waals surface area contributed by atoms with Crippen molar-refractivity contribution in [1.29, 1.82) is 5.41 Å². The Bertz CT molecular complexity index is 927. The maximum Gasteiger partial charge on any atom is 0.306 e. The molecule has 0 bridgehead atoms. The second kappa shape index (κ2) is 18.3. The highest BCUT2D eigenvalue weighted by molar-refractivity contribution is 5.85. The van der Waals surface area contributed by atoms with E-state index in [1.165, 1.54) is 51.4 Å². The highest BCUT2D eigenvalue weighted by atomic mass is 35.5. The summed E-state index contributed by atoms with van der Waals surface area (Å²) in [6.07, 6.45) is 15.6. The topological polar surface area (TPSA) is 113 Å². The summed E-state index contributed by atoms with van der Waals surface area (Å²) >= 11 is 0. The third kappa shape index (κ3) is 10.7. The van der Waals surface area contributed by atoms with Gasteiger partial charge in [-0.05, 0) is 18.9 Å². The van der Waals surface area contributed by atoms with Crippen molar-refractivity contribution in [2.45, 2.75) is 141 Å². The molecule has 10 heteroatoms. The van der Waals surface area contributed by atoms with Crippen molar-refractivity contribution in [1.82, 2.24) is 9.55 Å². The summed E-state index contributed by atoms with van der Waals surface area (Å²) in [5, 5.41) is 7.76. The molecular weight excluding hydrogens is 522 g/mol. The van der Waals surface area contributed by atoms with Crippen molar-refractivity contribution in [3.8, 4) is 6.01 Å². The van der Waals surface area contributed by atoms with Crippen LogP contribution in [-0.2, 0) is 23.8 Å². The number of nitrogens with one attached hydrogen (secondary N) is 1. The Hall–Kier alpha value is -2.13. The largest absolute Gasteiger partial charge is 0.463 e. The van der Waals surface area contributed by atoms with Crippen LogP contribution < -0.4 is 10.2 Å². The van der Waals surface area contributed by atoms with E-state index in [-0.39, 0.29) is 42.5 Å². The van der Waals surface area contributed by atoms with E-state index in [4.69, 9.17) is 24.4 Å². The van der Waals surface area contributed by atoms with E-state index >= 15 is 0 Å². The van der Waals surface area contributed by atoms with Gasteiger partial charge in [-0.25, -0.2) is 0 Å². The Labute approximate surface area is 239 Å². The molecule has 0 saturated carbocycles. The van der Waals surface area contributed by atoms with Crippen LogP contribution in [0.15, 0.2) is 12.3 Å². The standard InChI is InChI=1S/C29H47N3O6.ClH/c1-3-5-7-9-11-13-15-17-24(33)35-21-22-26(37-25(34)18-16-14-12-10-8-6-4-2)27-28(36-22)32-20-19-23(30)31-29(32)38-27;/h19-20,22,26-28,30H,3-18,21H2,1-2H3;1H/t22-,26-,27+,28-;/m1./s1. The first kappa shape index (κ1) is 33.1. The van der Waals surface area contributed by atoms with Crippen LogP contribution in [0.3, 0.4) is 0 Å². The number of carbonyl (C=O) groups excluding carboxylic acids is 2. The van der Waals surface area contributed by atoms with E-state index in [1.807, 2.05) is 0 Å². The van der Waals surface area contributed by atoms with Gasteiger partial charge in [-0.1, -0.05) is 90.9 Å². The zero-order valence-electron chi connectivity index (χ0n) is 23.7. The van der Waals surface area contributed by atoms with Crippen LogP contribution in [0.4, 0.5) is 0 Å². The predicted octanol–water partition coefficient (Wildman–Crippen LogP) is 6.18. The number of rotatable bonds is 19. The highest BCUT2D eigenvalue weighted by Crippen LogP contribution is 2.40. The summed E-state index contributed by atoms with van der Waals surface area (Å²) in [7, 11) is 0. The molecular formula is C29H48ClN3O6. The Balaban J connectivity index is 0.00000533. The molecule has 9 nitrogen and oxygen atoms in total. The normalized spacial score (nSPS) is 21.0. The van der Waals surface area contributed by atoms with Gasteiger partial charge < -0.3 is 18.9 Å². The van der Waals surface area contributed by atoms with Gasteiger partial charge in [0.15, 0.2) is 23.9 Å². The number of hydrogen-bond donors (Lipinski definition) is 1. The van der Waals surface area contributed by atoms with Crippen LogP contribution in [0.2, 0.25) is 0 Å². The van der Waals surface area contributed by atoms with Gasteiger partial charge in [0.2, 0.25) is 0 Å². The van der Waals surface area contributed by atoms with Crippen molar-refractivity contribution in [3.63, 3.8) is 0 Å². The molecule has 1 saturated heterocycles. The molecule has 4 atom stereocenters. The Morgan fingerprint density at radius 3 is 2.08 bits per heavy atom. The SMILES string of the molecule is CCCCCCCCCC(=O)OC[C@H]1O[C@@H]2[C@@H](Oc3nc(=N)ccn32)[C@@H]1OC(=O)CCCCCCCCC.Cl. The molecule has 0 unspecified atom stereocenters. The fourth-order valence-corrected chi connectivity index (χ4v) is 5.06. The number of esters is 2. The second-order valence-electron chi connectivity index (χ2n) is 10.5. The molecule has 0 radical (unpaired) electrons. The van der Waals surface area contributed by atoms with E-state index < -0.39 is 24.5 Å². The zero-order valence-corrected chi connectivity index (χ0v) is 24.6. The van der Waals surface area contributed by atoms with E-state index in [1.54, 1.807) is 16.8 Å². The molecule has 39 heavy (non-hydrogen) atoms. The number of nitrogens with zero attached hydrogens (tertiary/aromatic N) is 2. The minimum absolute atomic E-state index is 0. The number of aromatic nitrogens is 2. The number of halogens is 1. The van der Waals surface area contributed by atoms with Gasteiger partial charge in [-0.3, -0.25) is 19.6 Å². The monoisotopic (exact) mass is 569 g/mol. The number of hydrogen-bond acceptors (Lipinski definition) is 8. The molecule has 0 aromatic carbocycles. The molecule has 3 rings (SSSR count). The summed E-state index contributed by atoms with van der Waals surface area (Å²) < 4.78 is 25.2. The molecule has 1 aromatic rings. The molecule has 1 aromatic heterocycles. The lowest BCUT2D eigenvalue weighted by atomic mass is 10.1. The minimum atomic E-state index is -0.723. The number of fused-ring (bicyclic) bond motifs is 3. The number of ether oxygens (including phenoxy) is 4. The van der Waals surface area contributed by atoms with Gasteiger partial charge in [-0.15, -0.1) is 12.4 Å². The Morgan fingerprint density at radius 1 is 0.897 bits per heavy atom. The van der Waals surface area contributed by atoms with Crippen molar-refractivity contribution in [3.05, 3.63) is 17.8 Å². The molecule has 222 valence electrons. The fraction of sp³-hybridized carbons (Fsp3) is 0.793. The zero-order chi connectivity index (χ0) is 27.2. The molecule has 1 N–H and O–H groups in total. The molecule has 1 fully saturated rings. The van der Waals surface area contributed by atoms with E-state index in [2.05, 4.69) is 18.8 Å². The van der Waals surface area contributed by atoms with E-state index in [9.17, 15) is 9.59 Å². The fourth-order valence-electron chi connectivity index (χ4n) is 5.06. The van der Waals surface area contributed by atoms with Gasteiger partial charge in [0.05, 0.1) is 0 Å². The maximum atomic E-state index is 12.7. The Morgan fingerprint density at radius 2 is 1.46 bits per heavy atom. The van der Waals surface area contributed by atoms with Crippen LogP contribution in [-0.4, -0.2) is 46.4 Å². The number of carbonyl (C=O) groups is 2. The average molecular weight is 570 g/mol. The quantitative estimate of drug-likeness (QED) is 0.156. The van der Waals surface area contributed by atoms with Gasteiger partial charge >= 0.3 is 17.9 Å². The second-order valence-corrected chi connectivity index (χ2v) is 10.5. The van der Waals surface area contributed by atoms with Gasteiger partial charge in [0.25, 0.3) is 0 Å².